The van der Waals surface area contributed by atoms with E-state index in [1.54, 1.807) is 21.1 Å². The number of benzene rings is 3. The van der Waals surface area contributed by atoms with Crippen LogP contribution in [0.3, 0.4) is 0 Å². The molecule has 13 nitrogen and oxygen atoms in total. The quantitative estimate of drug-likeness (QED) is 0.0626. The Morgan fingerprint density at radius 1 is 0.607 bits per heavy atom. The molecule has 3 aromatic carbocycles. The summed E-state index contributed by atoms with van der Waals surface area (Å²) >= 11 is 0. The minimum Gasteiger partial charge on any atom is -0.497 e. The number of esters is 2. The van der Waals surface area contributed by atoms with Crippen LogP contribution in [-0.4, -0.2) is 91.4 Å². The lowest BCUT2D eigenvalue weighted by molar-refractivity contribution is -0.156. The Bertz CT molecular complexity index is 2040. The van der Waals surface area contributed by atoms with Crippen molar-refractivity contribution in [1.82, 2.24) is 14.8 Å². The SMILES string of the molecule is COC(=O)CCc1ccc(OCc2ccc(OC)cc2)c(CN(CCN(CC(=O)OC(C)(C)C)Cc2cc(CCC(C)=O)ccc2OCc2ccc(OC)cc2)CC(C)=O)n1. The van der Waals surface area contributed by atoms with E-state index in [1.165, 1.54) is 14.0 Å². The van der Waals surface area contributed by atoms with Crippen LogP contribution in [-0.2, 0) is 67.8 Å². The summed E-state index contributed by atoms with van der Waals surface area (Å²) in [7, 11) is 4.59. The number of pyridine rings is 1. The molecule has 328 valence electrons. The van der Waals surface area contributed by atoms with Crippen molar-refractivity contribution in [2.75, 3.05) is 47.5 Å². The molecule has 0 aliphatic rings. The van der Waals surface area contributed by atoms with E-state index in [4.69, 9.17) is 33.4 Å². The molecule has 0 radical (unpaired) electrons. The monoisotopic (exact) mass is 839 g/mol. The lowest BCUT2D eigenvalue weighted by atomic mass is 10.0. The second-order valence-electron chi connectivity index (χ2n) is 16.0. The first-order chi connectivity index (χ1) is 29.1. The van der Waals surface area contributed by atoms with Gasteiger partial charge in [0, 0.05) is 50.3 Å². The maximum absolute atomic E-state index is 13.4. The van der Waals surface area contributed by atoms with Gasteiger partial charge in [0.2, 0.25) is 0 Å². The van der Waals surface area contributed by atoms with Gasteiger partial charge in [-0.1, -0.05) is 36.4 Å². The minimum absolute atomic E-state index is 0.0295. The van der Waals surface area contributed by atoms with E-state index in [0.29, 0.717) is 68.4 Å². The number of methoxy groups -OCH3 is 3. The molecule has 61 heavy (non-hydrogen) atoms. The first-order valence-corrected chi connectivity index (χ1v) is 20.5. The third-order valence-corrected chi connectivity index (χ3v) is 9.52. The summed E-state index contributed by atoms with van der Waals surface area (Å²) < 4.78 is 33.9. The average Bonchev–Trinajstić information content (AvgIpc) is 3.22. The number of hydrogen-bond acceptors (Lipinski definition) is 13. The van der Waals surface area contributed by atoms with E-state index in [2.05, 4.69) is 0 Å². The molecular formula is C48H61N3O10. The van der Waals surface area contributed by atoms with Gasteiger partial charge in [-0.25, -0.2) is 0 Å². The summed E-state index contributed by atoms with van der Waals surface area (Å²) in [6, 6.07) is 24.8. The highest BCUT2D eigenvalue weighted by Gasteiger charge is 2.23. The molecule has 1 aromatic heterocycles. The number of nitrogens with zero attached hydrogens (tertiary/aromatic N) is 3. The van der Waals surface area contributed by atoms with Gasteiger partial charge in [-0.05, 0) is 100 Å². The molecule has 4 rings (SSSR count). The zero-order valence-corrected chi connectivity index (χ0v) is 36.9. The van der Waals surface area contributed by atoms with Gasteiger partial charge in [-0.3, -0.25) is 29.2 Å². The van der Waals surface area contributed by atoms with Crippen LogP contribution >= 0.6 is 0 Å². The molecule has 0 aliphatic heterocycles. The number of ketones is 2. The topological polar surface area (TPSA) is 143 Å². The maximum atomic E-state index is 13.4. The van der Waals surface area contributed by atoms with Crippen LogP contribution in [0.1, 0.15) is 81.1 Å². The Hall–Kier alpha value is -5.79. The molecule has 0 aliphatic carbocycles. The van der Waals surface area contributed by atoms with E-state index in [1.807, 2.05) is 109 Å². The van der Waals surface area contributed by atoms with Gasteiger partial charge in [-0.2, -0.15) is 0 Å². The van der Waals surface area contributed by atoms with Gasteiger partial charge in [0.1, 0.15) is 53.4 Å². The first kappa shape index (κ1) is 47.9. The van der Waals surface area contributed by atoms with Crippen LogP contribution < -0.4 is 18.9 Å². The highest BCUT2D eigenvalue weighted by atomic mass is 16.6. The fourth-order valence-electron chi connectivity index (χ4n) is 6.42. The van der Waals surface area contributed by atoms with Crippen LogP contribution in [0.25, 0.3) is 0 Å². The molecule has 0 saturated heterocycles. The summed E-state index contributed by atoms with van der Waals surface area (Å²) in [6.45, 7) is 10.6. The normalized spacial score (nSPS) is 11.3. The first-order valence-electron chi connectivity index (χ1n) is 20.5. The Morgan fingerprint density at radius 2 is 1.16 bits per heavy atom. The Morgan fingerprint density at radius 3 is 1.70 bits per heavy atom. The third-order valence-electron chi connectivity index (χ3n) is 9.52. The predicted molar refractivity (Wildman–Crippen MR) is 232 cm³/mol. The van der Waals surface area contributed by atoms with E-state index in [0.717, 1.165) is 33.8 Å². The molecule has 0 unspecified atom stereocenters. The molecule has 13 heteroatoms. The summed E-state index contributed by atoms with van der Waals surface area (Å²) in [5, 5.41) is 0. The smallest absolute Gasteiger partial charge is 0.320 e. The minimum atomic E-state index is -0.699. The number of ether oxygens (including phenoxy) is 6. The highest BCUT2D eigenvalue weighted by Crippen LogP contribution is 2.26. The van der Waals surface area contributed by atoms with Gasteiger partial charge in [0.05, 0.1) is 46.5 Å². The van der Waals surface area contributed by atoms with Crippen LogP contribution in [0.15, 0.2) is 78.9 Å². The lowest BCUT2D eigenvalue weighted by Gasteiger charge is -2.29. The molecule has 0 amide bonds. The second kappa shape index (κ2) is 23.9. The summed E-state index contributed by atoms with van der Waals surface area (Å²) in [4.78, 5) is 59.0. The number of Topliss-reactive ketones (excluding diaryl/α,β-unsaturated/α-hetero) is 2. The van der Waals surface area contributed by atoms with E-state index < -0.39 is 11.6 Å². The maximum Gasteiger partial charge on any atom is 0.320 e. The fourth-order valence-corrected chi connectivity index (χ4v) is 6.42. The fraction of sp³-hybridized carbons (Fsp3) is 0.438. The Labute approximate surface area is 360 Å². The number of carbonyl (C=O) groups excluding carboxylic acids is 4. The zero-order chi connectivity index (χ0) is 44.4. The Kier molecular flexibility index (Phi) is 18.7. The largest absolute Gasteiger partial charge is 0.497 e. The van der Waals surface area contributed by atoms with Crippen molar-refractivity contribution in [3.05, 3.63) is 113 Å². The molecule has 0 saturated carbocycles. The van der Waals surface area contributed by atoms with Gasteiger partial charge in [-0.15, -0.1) is 0 Å². The molecule has 0 atom stereocenters. The van der Waals surface area contributed by atoms with Gasteiger partial charge >= 0.3 is 11.9 Å². The van der Waals surface area contributed by atoms with Crippen LogP contribution in [0.4, 0.5) is 0 Å². The van der Waals surface area contributed by atoms with Gasteiger partial charge in [0.25, 0.3) is 0 Å². The zero-order valence-electron chi connectivity index (χ0n) is 36.9. The second-order valence-corrected chi connectivity index (χ2v) is 16.0. The van der Waals surface area contributed by atoms with Crippen LogP contribution in [0.2, 0.25) is 0 Å². The molecule has 0 fully saturated rings. The number of aryl methyl sites for hydroxylation is 2. The lowest BCUT2D eigenvalue weighted by Crippen LogP contribution is -2.40. The molecular weight excluding hydrogens is 779 g/mol. The molecule has 1 heterocycles. The standard InChI is InChI=1S/C48H61N3O10/c1-34(52)9-10-36-15-22-44(59-32-37-11-18-41(56-6)19-12-37)39(27-36)29-51(31-47(55)61-48(3,4)5)26-25-50(28-35(2)53)30-43-45(23-16-40(49-43)17-24-46(54)58-8)60-33-38-13-20-42(57-7)21-14-38/h11-16,18-23,27H,9-10,17,24-26,28-33H2,1-8H3. The molecule has 0 spiro atoms. The van der Waals surface area contributed by atoms with Crippen molar-refractivity contribution in [2.45, 2.75) is 92.2 Å². The average molecular weight is 840 g/mol. The number of rotatable bonds is 25. The van der Waals surface area contributed by atoms with Gasteiger partial charge < -0.3 is 33.2 Å². The number of aromatic nitrogens is 1. The predicted octanol–water partition coefficient (Wildman–Crippen LogP) is 7.12. The van der Waals surface area contributed by atoms with E-state index in [-0.39, 0.29) is 50.2 Å². The summed E-state index contributed by atoms with van der Waals surface area (Å²) in [5.41, 5.74) is 4.27. The van der Waals surface area contributed by atoms with Crippen molar-refractivity contribution in [3.8, 4) is 23.0 Å². The van der Waals surface area contributed by atoms with Crippen molar-refractivity contribution < 1.29 is 47.6 Å². The van der Waals surface area contributed by atoms with Crippen molar-refractivity contribution >= 4 is 23.5 Å². The Balaban J connectivity index is 1.63. The third kappa shape index (κ3) is 17.4. The van der Waals surface area contributed by atoms with Crippen molar-refractivity contribution in [1.29, 1.82) is 0 Å². The molecule has 0 bridgehead atoms. The summed E-state index contributed by atoms with van der Waals surface area (Å²) in [6.07, 6.45) is 1.49. The van der Waals surface area contributed by atoms with E-state index in [9.17, 15) is 19.2 Å². The van der Waals surface area contributed by atoms with Crippen LogP contribution in [0, 0.1) is 0 Å². The molecule has 0 N–H and O–H groups in total. The van der Waals surface area contributed by atoms with Crippen molar-refractivity contribution in [3.63, 3.8) is 0 Å². The molecule has 4 aromatic rings. The van der Waals surface area contributed by atoms with Gasteiger partial charge in [0.15, 0.2) is 0 Å². The number of hydrogen-bond donors (Lipinski definition) is 0. The van der Waals surface area contributed by atoms with E-state index >= 15 is 0 Å². The highest BCUT2D eigenvalue weighted by molar-refractivity contribution is 5.77. The van der Waals surface area contributed by atoms with Crippen molar-refractivity contribution in [2.24, 2.45) is 0 Å². The van der Waals surface area contributed by atoms with Crippen LogP contribution in [0.5, 0.6) is 23.0 Å². The summed E-state index contributed by atoms with van der Waals surface area (Å²) in [5.74, 6) is 1.97. The number of carbonyl (C=O) groups is 4.